The minimum atomic E-state index is -1.49. The summed E-state index contributed by atoms with van der Waals surface area (Å²) in [5.41, 5.74) is 1.94. The number of H-pyrrole nitrogens is 1. The number of halogens is 1. The second-order valence-corrected chi connectivity index (χ2v) is 6.59. The van der Waals surface area contributed by atoms with Crippen molar-refractivity contribution in [3.05, 3.63) is 70.9 Å². The number of aliphatic hydroxyl groups is 1. The molecular formula is C20H19ClN2O4. The molecule has 1 amide bonds. The van der Waals surface area contributed by atoms with Crippen molar-refractivity contribution in [3.63, 3.8) is 0 Å². The molecule has 3 N–H and O–H groups in total. The molecule has 6 nitrogen and oxygen atoms in total. The van der Waals surface area contributed by atoms with Gasteiger partial charge in [-0.2, -0.15) is 0 Å². The van der Waals surface area contributed by atoms with E-state index in [1.165, 1.54) is 7.11 Å². The minimum absolute atomic E-state index is 0.273. The van der Waals surface area contributed by atoms with Crippen molar-refractivity contribution in [2.24, 2.45) is 0 Å². The quantitative estimate of drug-likeness (QED) is 0.568. The van der Waals surface area contributed by atoms with E-state index < -0.39 is 24.0 Å². The van der Waals surface area contributed by atoms with Crippen LogP contribution in [-0.4, -0.2) is 41.2 Å². The molecule has 0 aliphatic heterocycles. The lowest BCUT2D eigenvalue weighted by Crippen LogP contribution is -2.48. The molecule has 3 rings (SSSR count). The maximum atomic E-state index is 12.7. The van der Waals surface area contributed by atoms with Gasteiger partial charge in [0.15, 0.2) is 6.10 Å². The summed E-state index contributed by atoms with van der Waals surface area (Å²) in [7, 11) is 1.19. The van der Waals surface area contributed by atoms with Gasteiger partial charge in [-0.1, -0.05) is 41.9 Å². The van der Waals surface area contributed by atoms with Crippen LogP contribution in [0.5, 0.6) is 0 Å². The van der Waals surface area contributed by atoms with Crippen LogP contribution >= 0.6 is 11.6 Å². The van der Waals surface area contributed by atoms with Crippen molar-refractivity contribution < 1.29 is 19.4 Å². The van der Waals surface area contributed by atoms with E-state index in [0.29, 0.717) is 10.7 Å². The topological polar surface area (TPSA) is 91.4 Å². The van der Waals surface area contributed by atoms with E-state index in [-0.39, 0.29) is 6.42 Å². The van der Waals surface area contributed by atoms with E-state index in [4.69, 9.17) is 11.6 Å². The van der Waals surface area contributed by atoms with Crippen LogP contribution in [0.4, 0.5) is 0 Å². The van der Waals surface area contributed by atoms with Crippen LogP contribution in [-0.2, 0) is 16.0 Å². The van der Waals surface area contributed by atoms with Crippen LogP contribution in [0.15, 0.2) is 54.6 Å². The monoisotopic (exact) mass is 386 g/mol. The van der Waals surface area contributed by atoms with Gasteiger partial charge in [-0.15, -0.1) is 0 Å². The summed E-state index contributed by atoms with van der Waals surface area (Å²) in [6, 6.07) is 15.3. The van der Waals surface area contributed by atoms with Gasteiger partial charge >= 0.3 is 5.97 Å². The standard InChI is InChI=1S/C20H19ClN2O4/c1-27-20(26)18(24)16(9-12-5-3-2-4-6-12)23-19(25)17-11-13-10-14(21)7-8-15(13)22-17/h2-8,10-11,16,18,22,24H,9H2,1H3,(H,23,25)/t16-,18+/m0/s1. The third-order valence-electron chi connectivity index (χ3n) is 4.27. The Morgan fingerprint density at radius 3 is 2.63 bits per heavy atom. The molecule has 0 unspecified atom stereocenters. The summed E-state index contributed by atoms with van der Waals surface area (Å²) < 4.78 is 4.62. The lowest BCUT2D eigenvalue weighted by molar-refractivity contribution is -0.151. The Morgan fingerprint density at radius 2 is 1.93 bits per heavy atom. The summed E-state index contributed by atoms with van der Waals surface area (Å²) in [5, 5.41) is 14.4. The van der Waals surface area contributed by atoms with Gasteiger partial charge in [0, 0.05) is 15.9 Å². The third-order valence-corrected chi connectivity index (χ3v) is 4.50. The van der Waals surface area contributed by atoms with Crippen LogP contribution in [0.3, 0.4) is 0 Å². The smallest absolute Gasteiger partial charge is 0.336 e. The number of aromatic amines is 1. The van der Waals surface area contributed by atoms with Gasteiger partial charge in [-0.3, -0.25) is 4.79 Å². The fourth-order valence-electron chi connectivity index (χ4n) is 2.87. The lowest BCUT2D eigenvalue weighted by Gasteiger charge is -2.22. The molecule has 0 saturated heterocycles. The first-order valence-electron chi connectivity index (χ1n) is 8.37. The average Bonchev–Trinajstić information content (AvgIpc) is 3.10. The van der Waals surface area contributed by atoms with Crippen LogP contribution in [0.2, 0.25) is 5.02 Å². The average molecular weight is 387 g/mol. The second-order valence-electron chi connectivity index (χ2n) is 6.15. The van der Waals surface area contributed by atoms with E-state index in [2.05, 4.69) is 15.0 Å². The molecule has 1 aromatic heterocycles. The first kappa shape index (κ1) is 18.9. The first-order valence-corrected chi connectivity index (χ1v) is 8.74. The van der Waals surface area contributed by atoms with Gasteiger partial charge in [0.1, 0.15) is 5.69 Å². The predicted octanol–water partition coefficient (Wildman–Crippen LogP) is 2.70. The highest BCUT2D eigenvalue weighted by Gasteiger charge is 2.29. The number of amides is 1. The Hall–Kier alpha value is -2.83. The van der Waals surface area contributed by atoms with Crippen LogP contribution < -0.4 is 5.32 Å². The molecule has 7 heteroatoms. The number of ether oxygens (including phenoxy) is 1. The van der Waals surface area contributed by atoms with Crippen molar-refractivity contribution in [2.75, 3.05) is 7.11 Å². The van der Waals surface area contributed by atoms with Crippen LogP contribution in [0.25, 0.3) is 10.9 Å². The molecular weight excluding hydrogens is 368 g/mol. The zero-order chi connectivity index (χ0) is 19.4. The largest absolute Gasteiger partial charge is 0.467 e. The molecule has 0 aliphatic rings. The van der Waals surface area contributed by atoms with Crippen molar-refractivity contribution in [1.29, 1.82) is 0 Å². The molecule has 27 heavy (non-hydrogen) atoms. The minimum Gasteiger partial charge on any atom is -0.467 e. The number of methoxy groups -OCH3 is 1. The number of carbonyl (C=O) groups excluding carboxylic acids is 2. The van der Waals surface area contributed by atoms with Crippen molar-refractivity contribution in [1.82, 2.24) is 10.3 Å². The van der Waals surface area contributed by atoms with E-state index in [1.54, 1.807) is 24.3 Å². The molecule has 0 fully saturated rings. The van der Waals surface area contributed by atoms with E-state index in [9.17, 15) is 14.7 Å². The fraction of sp³-hybridized carbons (Fsp3) is 0.200. The summed E-state index contributed by atoms with van der Waals surface area (Å²) in [6.45, 7) is 0. The molecule has 2 atom stereocenters. The molecule has 0 spiro atoms. The second kappa shape index (κ2) is 8.24. The van der Waals surface area contributed by atoms with E-state index >= 15 is 0 Å². The normalized spacial score (nSPS) is 13.1. The number of carbonyl (C=O) groups is 2. The van der Waals surface area contributed by atoms with Crippen molar-refractivity contribution in [2.45, 2.75) is 18.6 Å². The highest BCUT2D eigenvalue weighted by Crippen LogP contribution is 2.20. The van der Waals surface area contributed by atoms with Gasteiger partial charge in [0.2, 0.25) is 0 Å². The molecule has 0 bridgehead atoms. The number of hydrogen-bond donors (Lipinski definition) is 3. The first-order chi connectivity index (χ1) is 13.0. The number of nitrogens with one attached hydrogen (secondary N) is 2. The van der Waals surface area contributed by atoms with Gasteiger partial charge in [-0.05, 0) is 36.2 Å². The van der Waals surface area contributed by atoms with E-state index in [1.807, 2.05) is 30.3 Å². The van der Waals surface area contributed by atoms with Gasteiger partial charge in [0.05, 0.1) is 13.2 Å². The van der Waals surface area contributed by atoms with Crippen molar-refractivity contribution in [3.8, 4) is 0 Å². The third kappa shape index (κ3) is 4.48. The predicted molar refractivity (Wildman–Crippen MR) is 103 cm³/mol. The van der Waals surface area contributed by atoms with Crippen molar-refractivity contribution >= 4 is 34.4 Å². The molecule has 3 aromatic rings. The molecule has 0 radical (unpaired) electrons. The number of esters is 1. The Labute approximate surface area is 161 Å². The Kier molecular flexibility index (Phi) is 5.78. The lowest BCUT2D eigenvalue weighted by atomic mass is 10.0. The maximum Gasteiger partial charge on any atom is 0.336 e. The molecule has 1 heterocycles. The number of fused-ring (bicyclic) bond motifs is 1. The zero-order valence-electron chi connectivity index (χ0n) is 14.6. The summed E-state index contributed by atoms with van der Waals surface area (Å²) >= 11 is 5.98. The van der Waals surface area contributed by atoms with E-state index in [0.717, 1.165) is 16.5 Å². The van der Waals surface area contributed by atoms with Gasteiger partial charge in [-0.25, -0.2) is 4.79 Å². The Bertz CT molecular complexity index is 955. The van der Waals surface area contributed by atoms with Gasteiger partial charge < -0.3 is 20.1 Å². The molecule has 140 valence electrons. The highest BCUT2D eigenvalue weighted by atomic mass is 35.5. The summed E-state index contributed by atoms with van der Waals surface area (Å²) in [4.78, 5) is 27.5. The number of aromatic nitrogens is 1. The molecule has 0 saturated carbocycles. The summed E-state index contributed by atoms with van der Waals surface area (Å²) in [5.74, 6) is -1.24. The maximum absolute atomic E-state index is 12.7. The SMILES string of the molecule is COC(=O)[C@H](O)[C@H](Cc1ccccc1)NC(=O)c1cc2cc(Cl)ccc2[nH]1. The fourth-order valence-corrected chi connectivity index (χ4v) is 3.05. The molecule has 2 aromatic carbocycles. The number of benzene rings is 2. The molecule has 0 aliphatic carbocycles. The zero-order valence-corrected chi connectivity index (χ0v) is 15.4. The Balaban J connectivity index is 1.82. The summed E-state index contributed by atoms with van der Waals surface area (Å²) in [6.07, 6.45) is -1.22. The highest BCUT2D eigenvalue weighted by molar-refractivity contribution is 6.31. The van der Waals surface area contributed by atoms with Gasteiger partial charge in [0.25, 0.3) is 5.91 Å². The van der Waals surface area contributed by atoms with Crippen LogP contribution in [0, 0.1) is 0 Å². The number of rotatable bonds is 6. The Morgan fingerprint density at radius 1 is 1.19 bits per heavy atom. The van der Waals surface area contributed by atoms with Crippen LogP contribution in [0.1, 0.15) is 16.1 Å². The number of hydrogen-bond acceptors (Lipinski definition) is 4. The number of aliphatic hydroxyl groups excluding tert-OH is 1.